The van der Waals surface area contributed by atoms with E-state index in [0.717, 1.165) is 6.54 Å². The fraction of sp³-hybridized carbons (Fsp3) is 1.00. The molecule has 0 aliphatic rings. The predicted molar refractivity (Wildman–Crippen MR) is 82.0 cm³/mol. The summed E-state index contributed by atoms with van der Waals surface area (Å²) >= 11 is 1.94. The highest BCUT2D eigenvalue weighted by atomic mass is 32.2. The molecule has 1 N–H and O–H groups in total. The quantitative estimate of drug-likeness (QED) is 0.686. The van der Waals surface area contributed by atoms with Crippen LogP contribution in [0, 0.1) is 5.92 Å². The Labute approximate surface area is 113 Å². The van der Waals surface area contributed by atoms with E-state index in [2.05, 4.69) is 58.1 Å². The topological polar surface area (TPSA) is 15.3 Å². The standard InChI is InChI=1S/C14H32N2S/c1-11(2)15-10-12(3)14(5)16(6)13(4)8-9-17-7/h11-15H,8-10H2,1-7H3. The smallest absolute Gasteiger partial charge is 0.0104 e. The lowest BCUT2D eigenvalue weighted by atomic mass is 10.0. The molecular weight excluding hydrogens is 228 g/mol. The molecule has 0 aliphatic carbocycles. The number of nitrogens with zero attached hydrogens (tertiary/aromatic N) is 1. The van der Waals surface area contributed by atoms with E-state index >= 15 is 0 Å². The Morgan fingerprint density at radius 3 is 2.18 bits per heavy atom. The van der Waals surface area contributed by atoms with Gasteiger partial charge in [0.2, 0.25) is 0 Å². The van der Waals surface area contributed by atoms with Crippen LogP contribution in [0.2, 0.25) is 0 Å². The SMILES string of the molecule is CSCCC(C)N(C)C(C)C(C)CNC(C)C. The third-order valence-corrected chi connectivity index (χ3v) is 4.39. The minimum absolute atomic E-state index is 0.587. The Morgan fingerprint density at radius 2 is 1.71 bits per heavy atom. The van der Waals surface area contributed by atoms with Crippen molar-refractivity contribution in [1.82, 2.24) is 10.2 Å². The second kappa shape index (κ2) is 9.23. The van der Waals surface area contributed by atoms with Gasteiger partial charge in [0, 0.05) is 18.1 Å². The summed E-state index contributed by atoms with van der Waals surface area (Å²) in [5.41, 5.74) is 0. The number of rotatable bonds is 9. The summed E-state index contributed by atoms with van der Waals surface area (Å²) in [5, 5.41) is 3.53. The monoisotopic (exact) mass is 260 g/mol. The molecule has 0 amide bonds. The first-order valence-corrected chi connectivity index (χ1v) is 8.23. The van der Waals surface area contributed by atoms with Crippen LogP contribution in [0.25, 0.3) is 0 Å². The molecule has 3 unspecified atom stereocenters. The van der Waals surface area contributed by atoms with Crippen molar-refractivity contribution < 1.29 is 0 Å². The molecule has 3 atom stereocenters. The van der Waals surface area contributed by atoms with Gasteiger partial charge in [-0.15, -0.1) is 0 Å². The van der Waals surface area contributed by atoms with Crippen molar-refractivity contribution in [3.63, 3.8) is 0 Å². The highest BCUT2D eigenvalue weighted by molar-refractivity contribution is 7.98. The molecule has 0 aromatic rings. The highest BCUT2D eigenvalue weighted by Gasteiger charge is 2.20. The molecule has 0 aromatic carbocycles. The molecule has 17 heavy (non-hydrogen) atoms. The molecule has 0 saturated carbocycles. The van der Waals surface area contributed by atoms with E-state index in [0.29, 0.717) is 24.0 Å². The van der Waals surface area contributed by atoms with Gasteiger partial charge in [-0.25, -0.2) is 0 Å². The first kappa shape index (κ1) is 17.3. The van der Waals surface area contributed by atoms with Gasteiger partial charge >= 0.3 is 0 Å². The predicted octanol–water partition coefficient (Wildman–Crippen LogP) is 3.08. The number of hydrogen-bond donors (Lipinski definition) is 1. The molecule has 0 aliphatic heterocycles. The largest absolute Gasteiger partial charge is 0.314 e. The normalized spacial score (nSPS) is 17.5. The lowest BCUT2D eigenvalue weighted by Gasteiger charge is -2.35. The van der Waals surface area contributed by atoms with Gasteiger partial charge < -0.3 is 10.2 Å². The Balaban J connectivity index is 4.04. The molecule has 0 fully saturated rings. The fourth-order valence-corrected chi connectivity index (χ4v) is 2.46. The van der Waals surface area contributed by atoms with E-state index in [1.54, 1.807) is 0 Å². The van der Waals surface area contributed by atoms with E-state index in [1.807, 2.05) is 11.8 Å². The summed E-state index contributed by atoms with van der Waals surface area (Å²) in [6.07, 6.45) is 3.47. The minimum Gasteiger partial charge on any atom is -0.314 e. The number of nitrogens with one attached hydrogen (secondary N) is 1. The first-order chi connectivity index (χ1) is 7.90. The molecule has 3 heteroatoms. The average Bonchev–Trinajstić information content (AvgIpc) is 2.30. The zero-order chi connectivity index (χ0) is 13.4. The molecule has 104 valence electrons. The highest BCUT2D eigenvalue weighted by Crippen LogP contribution is 2.15. The molecule has 0 heterocycles. The average molecular weight is 260 g/mol. The van der Waals surface area contributed by atoms with E-state index in [-0.39, 0.29) is 0 Å². The van der Waals surface area contributed by atoms with Gasteiger partial charge in [-0.1, -0.05) is 20.8 Å². The molecule has 0 saturated heterocycles. The zero-order valence-electron chi connectivity index (χ0n) is 12.8. The maximum atomic E-state index is 3.53. The van der Waals surface area contributed by atoms with Gasteiger partial charge in [0.05, 0.1) is 0 Å². The first-order valence-electron chi connectivity index (χ1n) is 6.84. The molecule has 0 spiro atoms. The molecule has 0 bridgehead atoms. The molecular formula is C14H32N2S. The summed E-state index contributed by atoms with van der Waals surface area (Å²) < 4.78 is 0. The van der Waals surface area contributed by atoms with Crippen molar-refractivity contribution in [2.75, 3.05) is 25.6 Å². The Hall–Kier alpha value is 0.270. The summed E-state index contributed by atoms with van der Waals surface area (Å²) in [5.74, 6) is 1.95. The van der Waals surface area contributed by atoms with Gasteiger partial charge in [0.1, 0.15) is 0 Å². The van der Waals surface area contributed by atoms with Crippen molar-refractivity contribution in [2.45, 2.75) is 59.2 Å². The van der Waals surface area contributed by atoms with Gasteiger partial charge in [0.25, 0.3) is 0 Å². The van der Waals surface area contributed by atoms with Crippen molar-refractivity contribution in [2.24, 2.45) is 5.92 Å². The Bertz CT molecular complexity index is 185. The number of thioether (sulfide) groups is 1. The summed E-state index contributed by atoms with van der Waals surface area (Å²) in [6, 6.07) is 1.90. The lowest BCUT2D eigenvalue weighted by Crippen LogP contribution is -2.44. The Morgan fingerprint density at radius 1 is 1.12 bits per heavy atom. The summed E-state index contributed by atoms with van der Waals surface area (Å²) in [4.78, 5) is 2.53. The van der Waals surface area contributed by atoms with E-state index in [4.69, 9.17) is 0 Å². The summed E-state index contributed by atoms with van der Waals surface area (Å²) in [7, 11) is 2.27. The molecule has 0 radical (unpaired) electrons. The second-order valence-corrected chi connectivity index (χ2v) is 6.56. The van der Waals surface area contributed by atoms with Gasteiger partial charge in [-0.3, -0.25) is 0 Å². The van der Waals surface area contributed by atoms with E-state index in [1.165, 1.54) is 12.2 Å². The minimum atomic E-state index is 0.587. The third kappa shape index (κ3) is 7.32. The lowest BCUT2D eigenvalue weighted by molar-refractivity contribution is 0.146. The van der Waals surface area contributed by atoms with Crippen LogP contribution in [0.4, 0.5) is 0 Å². The van der Waals surface area contributed by atoms with Crippen LogP contribution in [-0.2, 0) is 0 Å². The second-order valence-electron chi connectivity index (χ2n) is 5.58. The van der Waals surface area contributed by atoms with Crippen LogP contribution in [0.15, 0.2) is 0 Å². The zero-order valence-corrected chi connectivity index (χ0v) is 13.6. The van der Waals surface area contributed by atoms with Crippen LogP contribution in [0.3, 0.4) is 0 Å². The fourth-order valence-electron chi connectivity index (χ4n) is 1.89. The van der Waals surface area contributed by atoms with Crippen molar-refractivity contribution in [3.8, 4) is 0 Å². The maximum absolute atomic E-state index is 3.53. The van der Waals surface area contributed by atoms with Crippen molar-refractivity contribution in [1.29, 1.82) is 0 Å². The van der Waals surface area contributed by atoms with Crippen LogP contribution in [0.1, 0.15) is 41.0 Å². The van der Waals surface area contributed by atoms with Crippen LogP contribution in [0.5, 0.6) is 0 Å². The van der Waals surface area contributed by atoms with Gasteiger partial charge in [0.15, 0.2) is 0 Å². The van der Waals surface area contributed by atoms with Gasteiger partial charge in [-0.05, 0) is 51.8 Å². The third-order valence-electron chi connectivity index (χ3n) is 3.75. The Kier molecular flexibility index (Phi) is 9.38. The maximum Gasteiger partial charge on any atom is 0.0104 e. The van der Waals surface area contributed by atoms with Crippen molar-refractivity contribution in [3.05, 3.63) is 0 Å². The van der Waals surface area contributed by atoms with Gasteiger partial charge in [-0.2, -0.15) is 11.8 Å². The van der Waals surface area contributed by atoms with Crippen LogP contribution < -0.4 is 5.32 Å². The van der Waals surface area contributed by atoms with E-state index in [9.17, 15) is 0 Å². The molecule has 2 nitrogen and oxygen atoms in total. The van der Waals surface area contributed by atoms with Crippen LogP contribution >= 0.6 is 11.8 Å². The summed E-state index contributed by atoms with van der Waals surface area (Å²) in [6.45, 7) is 12.6. The number of hydrogen-bond acceptors (Lipinski definition) is 3. The molecule has 0 rings (SSSR count). The van der Waals surface area contributed by atoms with Crippen molar-refractivity contribution >= 4 is 11.8 Å². The van der Waals surface area contributed by atoms with E-state index < -0.39 is 0 Å². The van der Waals surface area contributed by atoms with Crippen LogP contribution in [-0.4, -0.2) is 48.6 Å². The molecule has 0 aromatic heterocycles.